The van der Waals surface area contributed by atoms with Gasteiger partial charge in [0.2, 0.25) is 15.9 Å². The Morgan fingerprint density at radius 3 is 2.41 bits per heavy atom. The fraction of sp³-hybridized carbons (Fsp3) is 0.381. The minimum absolute atomic E-state index is 0.107. The molecule has 0 saturated carbocycles. The van der Waals surface area contributed by atoms with Gasteiger partial charge in [-0.05, 0) is 61.6 Å². The van der Waals surface area contributed by atoms with Crippen LogP contribution in [-0.4, -0.2) is 27.1 Å². The molecule has 2 aromatic carbocycles. The predicted molar refractivity (Wildman–Crippen MR) is 112 cm³/mol. The summed E-state index contributed by atoms with van der Waals surface area (Å²) >= 11 is 0. The molecule has 2 rings (SSSR count). The molecule has 0 aliphatic rings. The summed E-state index contributed by atoms with van der Waals surface area (Å²) in [5.41, 5.74) is 4.69. The van der Waals surface area contributed by atoms with Gasteiger partial charge in [0.05, 0.1) is 11.9 Å². The van der Waals surface area contributed by atoms with Gasteiger partial charge >= 0.3 is 0 Å². The van der Waals surface area contributed by atoms with E-state index in [1.807, 2.05) is 57.2 Å². The molecule has 0 aromatic heterocycles. The second-order valence-corrected chi connectivity index (χ2v) is 8.67. The Morgan fingerprint density at radius 2 is 1.78 bits per heavy atom. The van der Waals surface area contributed by atoms with E-state index in [9.17, 15) is 13.2 Å². The summed E-state index contributed by atoms with van der Waals surface area (Å²) in [7, 11) is -3.41. The van der Waals surface area contributed by atoms with E-state index in [1.54, 1.807) is 6.07 Å². The number of carbonyl (C=O) groups excluding carboxylic acids is 1. The van der Waals surface area contributed by atoms with E-state index in [0.29, 0.717) is 12.1 Å². The highest BCUT2D eigenvalue weighted by Crippen LogP contribution is 2.22. The van der Waals surface area contributed by atoms with Gasteiger partial charge in [0, 0.05) is 18.7 Å². The van der Waals surface area contributed by atoms with Crippen molar-refractivity contribution >= 4 is 27.3 Å². The van der Waals surface area contributed by atoms with Crippen molar-refractivity contribution in [3.05, 3.63) is 59.2 Å². The highest BCUT2D eigenvalue weighted by Gasteiger charge is 2.18. The molecular formula is C21H28N2O3S. The van der Waals surface area contributed by atoms with E-state index >= 15 is 0 Å². The van der Waals surface area contributed by atoms with E-state index in [-0.39, 0.29) is 18.9 Å². The zero-order valence-electron chi connectivity index (χ0n) is 16.5. The highest BCUT2D eigenvalue weighted by atomic mass is 32.2. The Hall–Kier alpha value is -2.34. The average Bonchev–Trinajstić information content (AvgIpc) is 2.60. The van der Waals surface area contributed by atoms with Gasteiger partial charge < -0.3 is 5.32 Å². The third-order valence-corrected chi connectivity index (χ3v) is 5.81. The van der Waals surface area contributed by atoms with Gasteiger partial charge in [-0.15, -0.1) is 0 Å². The first-order valence-electron chi connectivity index (χ1n) is 9.15. The number of hydrogen-bond acceptors (Lipinski definition) is 3. The van der Waals surface area contributed by atoms with Crippen LogP contribution in [0.4, 0.5) is 11.4 Å². The van der Waals surface area contributed by atoms with Crippen molar-refractivity contribution in [3.8, 4) is 0 Å². The molecule has 0 fully saturated rings. The zero-order chi connectivity index (χ0) is 20.0. The average molecular weight is 389 g/mol. The number of aryl methyl sites for hydroxylation is 3. The molecule has 146 valence electrons. The molecule has 0 saturated heterocycles. The first kappa shape index (κ1) is 21.0. The van der Waals surface area contributed by atoms with Crippen LogP contribution < -0.4 is 9.62 Å². The fourth-order valence-electron chi connectivity index (χ4n) is 2.91. The van der Waals surface area contributed by atoms with Crippen LogP contribution in [-0.2, 0) is 21.2 Å². The minimum atomic E-state index is -3.41. The maximum atomic E-state index is 12.3. The third kappa shape index (κ3) is 5.82. The van der Waals surface area contributed by atoms with Crippen molar-refractivity contribution in [2.75, 3.05) is 22.4 Å². The standard InChI is InChI=1S/C21H28N2O3S/c1-5-18-9-6-7-10-20(18)22-21(24)11-8-14-23(27(4,25)26)19-13-12-16(2)17(3)15-19/h6-7,9-10,12-13,15H,5,8,11,14H2,1-4H3,(H,22,24). The molecule has 0 atom stereocenters. The van der Waals surface area contributed by atoms with Crippen LogP contribution in [0.15, 0.2) is 42.5 Å². The molecule has 5 nitrogen and oxygen atoms in total. The van der Waals surface area contributed by atoms with Crippen molar-refractivity contribution in [1.82, 2.24) is 0 Å². The van der Waals surface area contributed by atoms with E-state index in [4.69, 9.17) is 0 Å². The van der Waals surface area contributed by atoms with Crippen LogP contribution >= 0.6 is 0 Å². The van der Waals surface area contributed by atoms with Crippen molar-refractivity contribution in [1.29, 1.82) is 0 Å². The molecule has 0 aliphatic heterocycles. The predicted octanol–water partition coefficient (Wildman–Crippen LogP) is 4.05. The number of benzene rings is 2. The highest BCUT2D eigenvalue weighted by molar-refractivity contribution is 7.92. The van der Waals surface area contributed by atoms with Crippen LogP contribution in [0.2, 0.25) is 0 Å². The van der Waals surface area contributed by atoms with Crippen molar-refractivity contribution < 1.29 is 13.2 Å². The summed E-state index contributed by atoms with van der Waals surface area (Å²) in [6, 6.07) is 13.3. The van der Waals surface area contributed by atoms with Gasteiger partial charge in [0.1, 0.15) is 0 Å². The van der Waals surface area contributed by atoms with E-state index < -0.39 is 10.0 Å². The molecular weight excluding hydrogens is 360 g/mol. The second-order valence-electron chi connectivity index (χ2n) is 6.77. The summed E-state index contributed by atoms with van der Waals surface area (Å²) < 4.78 is 25.8. The van der Waals surface area contributed by atoms with Crippen molar-refractivity contribution in [2.45, 2.75) is 40.0 Å². The first-order chi connectivity index (χ1) is 12.7. The van der Waals surface area contributed by atoms with Gasteiger partial charge in [-0.1, -0.05) is 31.2 Å². The smallest absolute Gasteiger partial charge is 0.232 e. The topological polar surface area (TPSA) is 66.5 Å². The monoisotopic (exact) mass is 388 g/mol. The Labute approximate surface area is 162 Å². The van der Waals surface area contributed by atoms with E-state index in [0.717, 1.165) is 28.8 Å². The zero-order valence-corrected chi connectivity index (χ0v) is 17.3. The van der Waals surface area contributed by atoms with Gasteiger partial charge in [-0.3, -0.25) is 9.10 Å². The Morgan fingerprint density at radius 1 is 1.07 bits per heavy atom. The number of amides is 1. The molecule has 0 radical (unpaired) electrons. The number of nitrogens with zero attached hydrogens (tertiary/aromatic N) is 1. The number of hydrogen-bond donors (Lipinski definition) is 1. The summed E-state index contributed by atoms with van der Waals surface area (Å²) in [6.07, 6.45) is 2.74. The molecule has 2 aromatic rings. The molecule has 0 aliphatic carbocycles. The molecule has 1 N–H and O–H groups in total. The third-order valence-electron chi connectivity index (χ3n) is 4.62. The van der Waals surface area contributed by atoms with Crippen molar-refractivity contribution in [2.24, 2.45) is 0 Å². The Balaban J connectivity index is 2.01. The lowest BCUT2D eigenvalue weighted by Gasteiger charge is -2.23. The van der Waals surface area contributed by atoms with Crippen LogP contribution in [0.1, 0.15) is 36.5 Å². The molecule has 1 amide bonds. The van der Waals surface area contributed by atoms with Crippen LogP contribution in [0.3, 0.4) is 0 Å². The minimum Gasteiger partial charge on any atom is -0.326 e. The summed E-state index contributed by atoms with van der Waals surface area (Å²) in [5, 5.41) is 2.92. The second kappa shape index (κ2) is 9.04. The van der Waals surface area contributed by atoms with Crippen LogP contribution in [0.5, 0.6) is 0 Å². The van der Waals surface area contributed by atoms with E-state index in [2.05, 4.69) is 5.32 Å². The van der Waals surface area contributed by atoms with Crippen LogP contribution in [0, 0.1) is 13.8 Å². The summed E-state index contributed by atoms with van der Waals surface area (Å²) in [5.74, 6) is -0.107. The lowest BCUT2D eigenvalue weighted by atomic mass is 10.1. The molecule has 27 heavy (non-hydrogen) atoms. The SMILES string of the molecule is CCc1ccccc1NC(=O)CCCN(c1ccc(C)c(C)c1)S(C)(=O)=O. The van der Waals surface area contributed by atoms with Crippen LogP contribution in [0.25, 0.3) is 0 Å². The number of anilines is 2. The largest absolute Gasteiger partial charge is 0.326 e. The molecule has 0 heterocycles. The molecule has 6 heteroatoms. The Bertz CT molecular complexity index is 907. The lowest BCUT2D eigenvalue weighted by Crippen LogP contribution is -2.31. The van der Waals surface area contributed by atoms with Crippen molar-refractivity contribution in [3.63, 3.8) is 0 Å². The molecule has 0 spiro atoms. The number of para-hydroxylation sites is 1. The fourth-order valence-corrected chi connectivity index (χ4v) is 3.87. The van der Waals surface area contributed by atoms with E-state index in [1.165, 1.54) is 10.6 Å². The van der Waals surface area contributed by atoms with Gasteiger partial charge in [0.25, 0.3) is 0 Å². The molecule has 0 bridgehead atoms. The molecule has 0 unspecified atom stereocenters. The maximum absolute atomic E-state index is 12.3. The first-order valence-corrected chi connectivity index (χ1v) is 11.0. The summed E-state index contributed by atoms with van der Waals surface area (Å²) in [4.78, 5) is 12.3. The number of nitrogens with one attached hydrogen (secondary N) is 1. The number of rotatable bonds is 8. The quantitative estimate of drug-likeness (QED) is 0.742. The number of carbonyl (C=O) groups is 1. The lowest BCUT2D eigenvalue weighted by molar-refractivity contribution is -0.116. The number of sulfonamides is 1. The maximum Gasteiger partial charge on any atom is 0.232 e. The normalized spacial score (nSPS) is 11.3. The Kier molecular flexibility index (Phi) is 7.02. The van der Waals surface area contributed by atoms with Gasteiger partial charge in [0.15, 0.2) is 0 Å². The van der Waals surface area contributed by atoms with Gasteiger partial charge in [-0.25, -0.2) is 8.42 Å². The summed E-state index contributed by atoms with van der Waals surface area (Å²) in [6.45, 7) is 6.25. The van der Waals surface area contributed by atoms with Gasteiger partial charge in [-0.2, -0.15) is 0 Å².